The zero-order valence-electron chi connectivity index (χ0n) is 9.61. The monoisotopic (exact) mass is 329 g/mol. The van der Waals surface area contributed by atoms with Crippen molar-refractivity contribution in [3.05, 3.63) is 47.3 Å². The van der Waals surface area contributed by atoms with Gasteiger partial charge in [0.2, 0.25) is 0 Å². The van der Waals surface area contributed by atoms with Crippen LogP contribution in [0.5, 0.6) is 0 Å². The summed E-state index contributed by atoms with van der Waals surface area (Å²) < 4.78 is 0. The molecule has 4 heteroatoms. The Hall–Kier alpha value is -0.458. The van der Waals surface area contributed by atoms with Gasteiger partial charge in [0.05, 0.1) is 6.20 Å². The second kappa shape index (κ2) is 9.75. The fourth-order valence-corrected chi connectivity index (χ4v) is 1.36. The van der Waals surface area contributed by atoms with Crippen LogP contribution in [0.4, 0.5) is 0 Å². The van der Waals surface area contributed by atoms with Gasteiger partial charge < -0.3 is 12.4 Å². The molecule has 0 amide bonds. The van der Waals surface area contributed by atoms with Gasteiger partial charge >= 0.3 is 0 Å². The van der Waals surface area contributed by atoms with E-state index in [4.69, 9.17) is 0 Å². The van der Waals surface area contributed by atoms with Gasteiger partial charge in [-0.2, -0.15) is 34.9 Å². The smallest absolute Gasteiger partial charge is 0.191 e. The molecule has 0 aromatic heterocycles. The van der Waals surface area contributed by atoms with Crippen LogP contribution < -0.4 is 17.7 Å². The van der Waals surface area contributed by atoms with Gasteiger partial charge in [-0.25, -0.2) is 4.99 Å². The van der Waals surface area contributed by atoms with Crippen LogP contribution in [-0.2, 0) is 20.4 Å². The number of halogens is 1. The Kier molecular flexibility index (Phi) is 10.9. The molecule has 0 saturated carbocycles. The van der Waals surface area contributed by atoms with Crippen molar-refractivity contribution in [1.82, 2.24) is 0 Å². The summed E-state index contributed by atoms with van der Waals surface area (Å²) in [6.07, 6.45) is 5.39. The van der Waals surface area contributed by atoms with Gasteiger partial charge in [-0.1, -0.05) is 20.8 Å². The molecule has 0 bridgehead atoms. The number of hydrogen-bond acceptors (Lipinski definition) is 1. The van der Waals surface area contributed by atoms with Crippen molar-refractivity contribution in [3.8, 4) is 0 Å². The van der Waals surface area contributed by atoms with Crippen LogP contribution in [0.15, 0.2) is 29.5 Å². The van der Waals surface area contributed by atoms with Crippen molar-refractivity contribution >= 4 is 6.34 Å². The summed E-state index contributed by atoms with van der Waals surface area (Å²) in [6, 6.07) is 7.47. The van der Waals surface area contributed by atoms with E-state index in [1.54, 1.807) is 12.5 Å². The summed E-state index contributed by atoms with van der Waals surface area (Å²) in [4.78, 5) is 3.72. The number of rotatable bonds is 0. The zero-order chi connectivity index (χ0) is 10.4. The topological polar surface area (TPSA) is 29.0 Å². The second-order valence-electron chi connectivity index (χ2n) is 3.36. The minimum atomic E-state index is 0. The minimum Gasteiger partial charge on any atom is -1.00 e. The third kappa shape index (κ3) is 7.78. The van der Waals surface area contributed by atoms with Gasteiger partial charge in [0, 0.05) is 20.4 Å². The molecular weight excluding hydrogens is 314 g/mol. The summed E-state index contributed by atoms with van der Waals surface area (Å²) in [5.74, 6) is 0. The molecule has 0 atom stereocenters. The summed E-state index contributed by atoms with van der Waals surface area (Å²) in [6.45, 7) is 6.24. The van der Waals surface area contributed by atoms with E-state index in [-0.39, 0.29) is 32.8 Å². The van der Waals surface area contributed by atoms with Crippen molar-refractivity contribution in [1.29, 1.82) is 0 Å². The maximum atomic E-state index is 3.72. The van der Waals surface area contributed by atoms with Gasteiger partial charge in [-0.05, 0) is 0 Å². The molecule has 0 aliphatic carbocycles. The average Bonchev–Trinajstić information content (AvgIpc) is 2.56. The van der Waals surface area contributed by atoms with Crippen LogP contribution in [0.1, 0.15) is 16.7 Å². The third-order valence-corrected chi connectivity index (χ3v) is 1.74. The van der Waals surface area contributed by atoms with E-state index in [0.29, 0.717) is 0 Å². The number of nitrogens with zero attached hydrogens (tertiary/aromatic N) is 1. The number of aryl methyl sites for hydroxylation is 3. The fourth-order valence-electron chi connectivity index (χ4n) is 1.36. The van der Waals surface area contributed by atoms with Crippen molar-refractivity contribution in [2.45, 2.75) is 20.8 Å². The maximum Gasteiger partial charge on any atom is 0.191 e. The van der Waals surface area contributed by atoms with Crippen molar-refractivity contribution in [2.75, 3.05) is 0 Å². The summed E-state index contributed by atoms with van der Waals surface area (Å²) >= 11 is 0. The summed E-state index contributed by atoms with van der Waals surface area (Å²) in [5, 5.41) is 1.89. The largest absolute Gasteiger partial charge is 1.00 e. The van der Waals surface area contributed by atoms with Crippen LogP contribution in [-0.4, -0.2) is 6.34 Å². The van der Waals surface area contributed by atoms with Gasteiger partial charge in [0.15, 0.2) is 6.34 Å². The van der Waals surface area contributed by atoms with Crippen molar-refractivity contribution < 1.29 is 38.1 Å². The summed E-state index contributed by atoms with van der Waals surface area (Å²) in [7, 11) is 0. The quantitative estimate of drug-likeness (QED) is 0.442. The van der Waals surface area contributed by atoms with Crippen LogP contribution >= 0.6 is 0 Å². The van der Waals surface area contributed by atoms with Crippen LogP contribution in [0.25, 0.3) is 0 Å². The molecular formula is C12H16ClN2Pd-. The molecule has 0 radical (unpaired) electrons. The molecule has 1 aromatic rings. The van der Waals surface area contributed by atoms with Gasteiger partial charge in [0.1, 0.15) is 6.20 Å². The van der Waals surface area contributed by atoms with E-state index in [1.807, 2.05) is 11.5 Å². The number of quaternary nitrogens is 1. The first-order chi connectivity index (χ1) is 6.68. The molecule has 0 fully saturated rings. The number of benzene rings is 1. The van der Waals surface area contributed by atoms with Gasteiger partial charge in [0.25, 0.3) is 0 Å². The van der Waals surface area contributed by atoms with E-state index in [1.165, 1.54) is 16.7 Å². The van der Waals surface area contributed by atoms with E-state index < -0.39 is 0 Å². The first kappa shape index (κ1) is 17.9. The van der Waals surface area contributed by atoms with Crippen LogP contribution in [0.2, 0.25) is 0 Å². The van der Waals surface area contributed by atoms with E-state index in [9.17, 15) is 0 Å². The molecule has 92 valence electrons. The Morgan fingerprint density at radius 2 is 1.69 bits per heavy atom. The Morgan fingerprint density at radius 3 is 1.94 bits per heavy atom. The Labute approximate surface area is 117 Å². The molecule has 1 aliphatic heterocycles. The molecule has 1 aromatic carbocycles. The normalized spacial score (nSPS) is 10.9. The maximum absolute atomic E-state index is 3.72. The van der Waals surface area contributed by atoms with E-state index in [2.05, 4.69) is 44.0 Å². The van der Waals surface area contributed by atoms with Crippen molar-refractivity contribution in [2.24, 2.45) is 4.99 Å². The minimum absolute atomic E-state index is 0. The average molecular weight is 330 g/mol. The predicted octanol–water partition coefficient (Wildman–Crippen LogP) is -1.52. The Morgan fingerprint density at radius 1 is 1.12 bits per heavy atom. The molecule has 1 aliphatic rings. The molecule has 2 nitrogen and oxygen atoms in total. The number of hydrogen-bond donors (Lipinski definition) is 1. The molecule has 1 heterocycles. The predicted molar refractivity (Wildman–Crippen MR) is 59.0 cm³/mol. The summed E-state index contributed by atoms with van der Waals surface area (Å²) in [5.41, 5.74) is 3.78. The number of nitrogens with two attached hydrogens (primary N) is 1. The first-order valence-electron chi connectivity index (χ1n) is 4.67. The SMILES string of the molecule is C1=C[NH2+]C=N1.Cc1[c-]c(C)cc(C)c1.[Cl-].[Pd]. The second-order valence-corrected chi connectivity index (χ2v) is 3.36. The van der Waals surface area contributed by atoms with Crippen LogP contribution in [0.3, 0.4) is 0 Å². The molecule has 2 N–H and O–H groups in total. The fraction of sp³-hybridized carbons (Fsp3) is 0.250. The standard InChI is InChI=1S/C9H11.C3H4N2.ClH.Pd/c1-7-4-8(2)6-9(3)5-7;1-2-5-3-4-1;;/h4-5H,1-3H3;1-3H,(H,4,5);1H;/q-1;;;. The van der Waals surface area contributed by atoms with E-state index in [0.717, 1.165) is 0 Å². The Balaban J connectivity index is 0. The van der Waals surface area contributed by atoms with Gasteiger partial charge in [-0.3, -0.25) is 5.32 Å². The van der Waals surface area contributed by atoms with Crippen molar-refractivity contribution in [3.63, 3.8) is 0 Å². The molecule has 0 spiro atoms. The number of aliphatic imine (C=N–C) groups is 1. The van der Waals surface area contributed by atoms with Gasteiger partial charge in [-0.15, -0.1) is 0 Å². The van der Waals surface area contributed by atoms with E-state index >= 15 is 0 Å². The van der Waals surface area contributed by atoms with Crippen LogP contribution in [0, 0.1) is 26.8 Å². The zero-order valence-corrected chi connectivity index (χ0v) is 11.9. The molecule has 16 heavy (non-hydrogen) atoms. The molecule has 0 unspecified atom stereocenters. The molecule has 2 rings (SSSR count). The Bertz CT molecular complexity index is 302. The molecule has 0 saturated heterocycles. The third-order valence-electron chi connectivity index (χ3n) is 1.74. The first-order valence-corrected chi connectivity index (χ1v) is 4.67.